The first-order chi connectivity index (χ1) is 20.4. The number of carbonyl (C=O) groups is 1. The molecule has 1 saturated heterocycles. The van der Waals surface area contributed by atoms with Crippen molar-refractivity contribution in [3.63, 3.8) is 0 Å². The van der Waals surface area contributed by atoms with Gasteiger partial charge in [0.25, 0.3) is 5.91 Å². The molecule has 1 unspecified atom stereocenters. The molecule has 1 amide bonds. The highest BCUT2D eigenvalue weighted by Gasteiger charge is 2.27. The monoisotopic (exact) mass is 563 g/mol. The molecule has 1 aliphatic heterocycles. The van der Waals surface area contributed by atoms with E-state index in [9.17, 15) is 9.18 Å². The summed E-state index contributed by atoms with van der Waals surface area (Å²) < 4.78 is 20.5. The van der Waals surface area contributed by atoms with Gasteiger partial charge < -0.3 is 20.3 Å². The predicted octanol–water partition coefficient (Wildman–Crippen LogP) is 6.39. The third kappa shape index (κ3) is 5.78. The van der Waals surface area contributed by atoms with Crippen LogP contribution >= 0.6 is 0 Å². The second kappa shape index (κ2) is 11.7. The van der Waals surface area contributed by atoms with E-state index >= 15 is 0 Å². The molecule has 6 rings (SSSR count). The van der Waals surface area contributed by atoms with Crippen LogP contribution in [0.1, 0.15) is 34.3 Å². The summed E-state index contributed by atoms with van der Waals surface area (Å²) in [4.78, 5) is 23.4. The Morgan fingerprint density at radius 3 is 2.71 bits per heavy atom. The Labute approximate surface area is 242 Å². The smallest absolute Gasteiger partial charge is 0.256 e. The van der Waals surface area contributed by atoms with Crippen LogP contribution in [0.2, 0.25) is 0 Å². The SMILES string of the molecule is C=C(Nc1cc(C)ccn1)c1ccc(Oc2ccnc3[nH]nc(NC4CCCN(C(=O)c5ccccc5F)C4)c23)cc1. The Balaban J connectivity index is 1.16. The number of hydrogen-bond donors (Lipinski definition) is 3. The van der Waals surface area contributed by atoms with Crippen LogP contribution in [0.25, 0.3) is 16.7 Å². The van der Waals surface area contributed by atoms with Gasteiger partial charge in [0.1, 0.15) is 28.5 Å². The maximum Gasteiger partial charge on any atom is 0.256 e. The fourth-order valence-electron chi connectivity index (χ4n) is 5.07. The van der Waals surface area contributed by atoms with E-state index in [1.165, 1.54) is 12.1 Å². The van der Waals surface area contributed by atoms with E-state index in [1.807, 2.05) is 43.3 Å². The molecule has 3 aromatic heterocycles. The van der Waals surface area contributed by atoms with E-state index in [0.29, 0.717) is 41.4 Å². The average Bonchev–Trinajstić information content (AvgIpc) is 3.41. The van der Waals surface area contributed by atoms with Crippen LogP contribution < -0.4 is 15.4 Å². The zero-order valence-electron chi connectivity index (χ0n) is 23.1. The molecule has 212 valence electrons. The number of benzene rings is 2. The summed E-state index contributed by atoms with van der Waals surface area (Å²) in [6, 6.07) is 19.3. The molecule has 0 spiro atoms. The average molecular weight is 564 g/mol. The molecule has 42 heavy (non-hydrogen) atoms. The molecular formula is C32H30FN7O2. The van der Waals surface area contributed by atoms with Crippen LogP contribution in [0.5, 0.6) is 11.5 Å². The lowest BCUT2D eigenvalue weighted by Gasteiger charge is -2.33. The van der Waals surface area contributed by atoms with Crippen LogP contribution in [0.15, 0.2) is 85.7 Å². The lowest BCUT2D eigenvalue weighted by molar-refractivity contribution is 0.0710. The van der Waals surface area contributed by atoms with Crippen molar-refractivity contribution >= 4 is 34.3 Å². The third-order valence-corrected chi connectivity index (χ3v) is 7.20. The summed E-state index contributed by atoms with van der Waals surface area (Å²) in [5, 5.41) is 14.8. The first-order valence-electron chi connectivity index (χ1n) is 13.7. The minimum Gasteiger partial charge on any atom is -0.456 e. The minimum atomic E-state index is -0.513. The van der Waals surface area contributed by atoms with Crippen LogP contribution in [0, 0.1) is 12.7 Å². The number of halogens is 1. The number of nitrogens with zero attached hydrogens (tertiary/aromatic N) is 4. The number of piperidine rings is 1. The van der Waals surface area contributed by atoms with Crippen molar-refractivity contribution in [2.45, 2.75) is 25.8 Å². The van der Waals surface area contributed by atoms with E-state index in [4.69, 9.17) is 4.74 Å². The fourth-order valence-corrected chi connectivity index (χ4v) is 5.07. The Kier molecular flexibility index (Phi) is 7.50. The number of aromatic nitrogens is 4. The highest BCUT2D eigenvalue weighted by molar-refractivity contribution is 5.95. The molecule has 2 aromatic carbocycles. The molecule has 0 aliphatic carbocycles. The van der Waals surface area contributed by atoms with Gasteiger partial charge in [-0.3, -0.25) is 9.89 Å². The fraction of sp³-hybridized carbons (Fsp3) is 0.188. The number of H-pyrrole nitrogens is 1. The largest absolute Gasteiger partial charge is 0.456 e. The number of fused-ring (bicyclic) bond motifs is 1. The summed E-state index contributed by atoms with van der Waals surface area (Å²) >= 11 is 0. The summed E-state index contributed by atoms with van der Waals surface area (Å²) in [7, 11) is 0. The molecule has 0 bridgehead atoms. The van der Waals surface area contributed by atoms with Gasteiger partial charge in [-0.2, -0.15) is 5.10 Å². The van der Waals surface area contributed by atoms with Crippen molar-refractivity contribution in [1.29, 1.82) is 0 Å². The van der Waals surface area contributed by atoms with Gasteiger partial charge in [-0.15, -0.1) is 0 Å². The number of rotatable bonds is 8. The number of pyridine rings is 2. The van der Waals surface area contributed by atoms with Crippen LogP contribution in [-0.4, -0.2) is 50.1 Å². The highest BCUT2D eigenvalue weighted by atomic mass is 19.1. The van der Waals surface area contributed by atoms with Crippen LogP contribution in [-0.2, 0) is 0 Å². The van der Waals surface area contributed by atoms with Crippen molar-refractivity contribution in [2.75, 3.05) is 23.7 Å². The molecular weight excluding hydrogens is 533 g/mol. The zero-order valence-corrected chi connectivity index (χ0v) is 23.1. The number of aromatic amines is 1. The number of anilines is 2. The maximum atomic E-state index is 14.3. The van der Waals surface area contributed by atoms with Gasteiger partial charge in [0.05, 0.1) is 5.56 Å². The van der Waals surface area contributed by atoms with Gasteiger partial charge in [-0.1, -0.05) is 18.7 Å². The van der Waals surface area contributed by atoms with E-state index < -0.39 is 5.82 Å². The van der Waals surface area contributed by atoms with Crippen LogP contribution in [0.3, 0.4) is 0 Å². The van der Waals surface area contributed by atoms with Gasteiger partial charge in [0.2, 0.25) is 0 Å². The minimum absolute atomic E-state index is 0.0743. The van der Waals surface area contributed by atoms with E-state index in [-0.39, 0.29) is 17.5 Å². The standard InChI is InChI=1S/C32H30FN7O2/c1-20-13-15-34-28(18-20)36-21(2)22-9-11-24(12-10-22)42-27-14-16-35-30-29(27)31(39-38-30)37-23-6-5-17-40(19-23)32(41)25-7-3-4-8-26(25)33/h3-4,7-16,18,23H,2,5-6,17,19H2,1H3,(H,34,36)(H2,35,37,38,39). The second-order valence-corrected chi connectivity index (χ2v) is 10.3. The molecule has 1 atom stereocenters. The number of amides is 1. The van der Waals surface area contributed by atoms with Crippen LogP contribution in [0.4, 0.5) is 16.0 Å². The summed E-state index contributed by atoms with van der Waals surface area (Å²) in [6.45, 7) is 7.15. The molecule has 1 aliphatic rings. The summed E-state index contributed by atoms with van der Waals surface area (Å²) in [5.74, 6) is 1.71. The number of likely N-dealkylation sites (tertiary alicyclic amines) is 1. The van der Waals surface area contributed by atoms with Gasteiger partial charge in [-0.05, 0) is 79.4 Å². The third-order valence-electron chi connectivity index (χ3n) is 7.20. The molecule has 1 fully saturated rings. The number of hydrogen-bond acceptors (Lipinski definition) is 7. The Bertz CT molecular complexity index is 1750. The molecule has 9 nitrogen and oxygen atoms in total. The molecule has 0 saturated carbocycles. The van der Waals surface area contributed by atoms with Crippen molar-refractivity contribution in [3.05, 3.63) is 108 Å². The van der Waals surface area contributed by atoms with Crippen molar-refractivity contribution in [3.8, 4) is 11.5 Å². The predicted molar refractivity (Wildman–Crippen MR) is 161 cm³/mol. The van der Waals surface area contributed by atoms with Crippen molar-refractivity contribution < 1.29 is 13.9 Å². The molecule has 3 N–H and O–H groups in total. The zero-order chi connectivity index (χ0) is 29.1. The number of carbonyl (C=O) groups excluding carboxylic acids is 1. The van der Waals surface area contributed by atoms with Gasteiger partial charge in [0, 0.05) is 43.3 Å². The lowest BCUT2D eigenvalue weighted by atomic mass is 10.0. The molecule has 10 heteroatoms. The first kappa shape index (κ1) is 26.9. The summed E-state index contributed by atoms with van der Waals surface area (Å²) in [6.07, 6.45) is 5.04. The highest BCUT2D eigenvalue weighted by Crippen LogP contribution is 2.34. The summed E-state index contributed by atoms with van der Waals surface area (Å²) in [5.41, 5.74) is 3.40. The molecule has 4 heterocycles. The van der Waals surface area contributed by atoms with E-state index in [0.717, 1.165) is 35.5 Å². The number of aryl methyl sites for hydroxylation is 1. The molecule has 5 aromatic rings. The van der Waals surface area contributed by atoms with Gasteiger partial charge >= 0.3 is 0 Å². The lowest BCUT2D eigenvalue weighted by Crippen LogP contribution is -2.45. The number of ether oxygens (including phenoxy) is 1. The Morgan fingerprint density at radius 1 is 1.10 bits per heavy atom. The maximum absolute atomic E-state index is 14.3. The second-order valence-electron chi connectivity index (χ2n) is 10.3. The van der Waals surface area contributed by atoms with Gasteiger partial charge in [-0.25, -0.2) is 14.4 Å². The van der Waals surface area contributed by atoms with Crippen molar-refractivity contribution in [2.24, 2.45) is 0 Å². The van der Waals surface area contributed by atoms with E-state index in [2.05, 4.69) is 37.4 Å². The van der Waals surface area contributed by atoms with E-state index in [1.54, 1.807) is 35.5 Å². The number of nitrogens with one attached hydrogen (secondary N) is 3. The Morgan fingerprint density at radius 2 is 1.90 bits per heavy atom. The van der Waals surface area contributed by atoms with Gasteiger partial charge in [0.15, 0.2) is 11.5 Å². The topological polar surface area (TPSA) is 108 Å². The Hall–Kier alpha value is -5.25. The van der Waals surface area contributed by atoms with Crippen molar-refractivity contribution in [1.82, 2.24) is 25.1 Å². The normalized spacial score (nSPS) is 14.9. The molecule has 0 radical (unpaired) electrons. The first-order valence-corrected chi connectivity index (χ1v) is 13.7. The quantitative estimate of drug-likeness (QED) is 0.201.